The number of anilines is 1. The van der Waals surface area contributed by atoms with E-state index in [4.69, 9.17) is 4.74 Å². The Morgan fingerprint density at radius 1 is 1.35 bits per heavy atom. The third-order valence-corrected chi connectivity index (χ3v) is 3.82. The minimum absolute atomic E-state index is 0.164. The zero-order valence-corrected chi connectivity index (χ0v) is 14.1. The number of benzene rings is 1. The lowest BCUT2D eigenvalue weighted by Crippen LogP contribution is -2.09. The predicted molar refractivity (Wildman–Crippen MR) is 85.4 cm³/mol. The highest BCUT2D eigenvalue weighted by Crippen LogP contribution is 2.34. The highest BCUT2D eigenvalue weighted by atomic mass is 79.9. The maximum atomic E-state index is 5.47. The van der Waals surface area contributed by atoms with Crippen LogP contribution in [-0.2, 0) is 7.05 Å². The van der Waals surface area contributed by atoms with Gasteiger partial charge in [-0.2, -0.15) is 5.10 Å². The molecule has 0 radical (unpaired) electrons. The van der Waals surface area contributed by atoms with Crippen molar-refractivity contribution in [1.29, 1.82) is 0 Å². The number of halogens is 1. The van der Waals surface area contributed by atoms with Crippen LogP contribution < -0.4 is 10.1 Å². The van der Waals surface area contributed by atoms with Crippen LogP contribution in [0.3, 0.4) is 0 Å². The van der Waals surface area contributed by atoms with Gasteiger partial charge in [0, 0.05) is 23.3 Å². The molecular weight excluding hydrogens is 318 g/mol. The summed E-state index contributed by atoms with van der Waals surface area (Å²) in [7, 11) is 3.63. The van der Waals surface area contributed by atoms with E-state index in [-0.39, 0.29) is 6.04 Å². The average molecular weight is 338 g/mol. The standard InChI is InChI=1S/C15H20BrN3O/c1-9-6-12(16)7-14(20-5)15(9)17-10(2)13-8-19(4)18-11(13)3/h6-8,10,17H,1-5H3. The number of rotatable bonds is 4. The van der Waals surface area contributed by atoms with Crippen LogP contribution in [0.15, 0.2) is 22.8 Å². The average Bonchev–Trinajstić information content (AvgIpc) is 2.71. The molecule has 1 unspecified atom stereocenters. The zero-order valence-electron chi connectivity index (χ0n) is 12.5. The largest absolute Gasteiger partial charge is 0.495 e. The molecule has 5 heteroatoms. The maximum Gasteiger partial charge on any atom is 0.143 e. The Kier molecular flexibility index (Phi) is 4.38. The molecule has 108 valence electrons. The molecule has 0 bridgehead atoms. The smallest absolute Gasteiger partial charge is 0.143 e. The molecule has 0 aliphatic carbocycles. The lowest BCUT2D eigenvalue weighted by molar-refractivity contribution is 0.415. The molecule has 2 rings (SSSR count). The van der Waals surface area contributed by atoms with E-state index in [1.165, 1.54) is 5.56 Å². The van der Waals surface area contributed by atoms with E-state index < -0.39 is 0 Å². The first-order chi connectivity index (χ1) is 9.42. The molecule has 2 aromatic rings. The molecule has 1 N–H and O–H groups in total. The van der Waals surface area contributed by atoms with Gasteiger partial charge in [0.15, 0.2) is 0 Å². The molecule has 4 nitrogen and oxygen atoms in total. The van der Waals surface area contributed by atoms with Crippen molar-refractivity contribution in [2.24, 2.45) is 7.05 Å². The van der Waals surface area contributed by atoms with Gasteiger partial charge in [-0.15, -0.1) is 0 Å². The van der Waals surface area contributed by atoms with Gasteiger partial charge in [0.2, 0.25) is 0 Å². The minimum Gasteiger partial charge on any atom is -0.495 e. The number of hydrogen-bond donors (Lipinski definition) is 1. The number of aryl methyl sites for hydroxylation is 3. The fourth-order valence-electron chi connectivity index (χ4n) is 2.40. The summed E-state index contributed by atoms with van der Waals surface area (Å²) in [5, 5.41) is 7.92. The van der Waals surface area contributed by atoms with Gasteiger partial charge in [0.05, 0.1) is 24.5 Å². The molecule has 0 spiro atoms. The molecule has 0 saturated heterocycles. The normalized spacial score (nSPS) is 12.3. The Labute approximate surface area is 128 Å². The topological polar surface area (TPSA) is 39.1 Å². The third-order valence-electron chi connectivity index (χ3n) is 3.36. The third kappa shape index (κ3) is 2.98. The number of hydrogen-bond acceptors (Lipinski definition) is 3. The Morgan fingerprint density at radius 2 is 2.05 bits per heavy atom. The molecule has 1 aromatic heterocycles. The molecule has 0 amide bonds. The van der Waals surface area contributed by atoms with E-state index in [9.17, 15) is 0 Å². The van der Waals surface area contributed by atoms with E-state index in [1.54, 1.807) is 7.11 Å². The van der Waals surface area contributed by atoms with E-state index in [2.05, 4.69) is 46.3 Å². The summed E-state index contributed by atoms with van der Waals surface area (Å²) in [5.74, 6) is 0.838. The van der Waals surface area contributed by atoms with Gasteiger partial charge in [-0.3, -0.25) is 4.68 Å². The van der Waals surface area contributed by atoms with Gasteiger partial charge >= 0.3 is 0 Å². The van der Waals surface area contributed by atoms with Gasteiger partial charge in [0.25, 0.3) is 0 Å². The van der Waals surface area contributed by atoms with Gasteiger partial charge in [0.1, 0.15) is 5.75 Å². The molecule has 0 fully saturated rings. The van der Waals surface area contributed by atoms with Crippen molar-refractivity contribution in [3.05, 3.63) is 39.6 Å². The fourth-order valence-corrected chi connectivity index (χ4v) is 2.95. The second kappa shape index (κ2) is 5.87. The molecule has 0 aliphatic heterocycles. The Balaban J connectivity index is 2.32. The van der Waals surface area contributed by atoms with Crippen molar-refractivity contribution in [3.8, 4) is 5.75 Å². The van der Waals surface area contributed by atoms with Crippen LogP contribution >= 0.6 is 15.9 Å². The summed E-state index contributed by atoms with van der Waals surface area (Å²) in [6.07, 6.45) is 2.05. The SMILES string of the molecule is COc1cc(Br)cc(C)c1NC(C)c1cn(C)nc1C. The van der Waals surface area contributed by atoms with Crippen LogP contribution in [-0.4, -0.2) is 16.9 Å². The van der Waals surface area contributed by atoms with Crippen molar-refractivity contribution in [2.45, 2.75) is 26.8 Å². The van der Waals surface area contributed by atoms with Crippen molar-refractivity contribution >= 4 is 21.6 Å². The summed E-state index contributed by atoms with van der Waals surface area (Å²) in [6.45, 7) is 6.22. The molecule has 1 aromatic carbocycles. The Hall–Kier alpha value is -1.49. The molecule has 1 heterocycles. The zero-order chi connectivity index (χ0) is 14.9. The summed E-state index contributed by atoms with van der Waals surface area (Å²) in [4.78, 5) is 0. The summed E-state index contributed by atoms with van der Waals surface area (Å²) >= 11 is 3.49. The van der Waals surface area contributed by atoms with Gasteiger partial charge < -0.3 is 10.1 Å². The van der Waals surface area contributed by atoms with Crippen LogP contribution in [0, 0.1) is 13.8 Å². The fraction of sp³-hybridized carbons (Fsp3) is 0.400. The molecule has 1 atom stereocenters. The van der Waals surface area contributed by atoms with Crippen LogP contribution in [0.2, 0.25) is 0 Å². The van der Waals surface area contributed by atoms with E-state index in [0.717, 1.165) is 27.2 Å². The summed E-state index contributed by atoms with van der Waals surface area (Å²) < 4.78 is 8.32. The predicted octanol–water partition coefficient (Wildman–Crippen LogP) is 3.98. The minimum atomic E-state index is 0.164. The maximum absolute atomic E-state index is 5.47. The van der Waals surface area contributed by atoms with Crippen LogP contribution in [0.4, 0.5) is 5.69 Å². The summed E-state index contributed by atoms with van der Waals surface area (Å²) in [6, 6.07) is 4.21. The molecule has 0 saturated carbocycles. The first-order valence-electron chi connectivity index (χ1n) is 6.53. The van der Waals surface area contributed by atoms with Gasteiger partial charge in [-0.05, 0) is 38.5 Å². The lowest BCUT2D eigenvalue weighted by Gasteiger charge is -2.19. The Bertz CT molecular complexity index is 622. The van der Waals surface area contributed by atoms with Crippen LogP contribution in [0.5, 0.6) is 5.75 Å². The van der Waals surface area contributed by atoms with Crippen molar-refractivity contribution < 1.29 is 4.74 Å². The summed E-state index contributed by atoms with van der Waals surface area (Å²) in [5.41, 5.74) is 4.40. The van der Waals surface area contributed by atoms with Gasteiger partial charge in [-0.25, -0.2) is 0 Å². The highest BCUT2D eigenvalue weighted by Gasteiger charge is 2.15. The first-order valence-corrected chi connectivity index (χ1v) is 7.32. The highest BCUT2D eigenvalue weighted by molar-refractivity contribution is 9.10. The number of methoxy groups -OCH3 is 1. The molecule has 0 aliphatic rings. The lowest BCUT2D eigenvalue weighted by atomic mass is 10.1. The van der Waals surface area contributed by atoms with Crippen molar-refractivity contribution in [2.75, 3.05) is 12.4 Å². The number of aromatic nitrogens is 2. The second-order valence-corrected chi connectivity index (χ2v) is 5.93. The van der Waals surface area contributed by atoms with E-state index in [0.29, 0.717) is 0 Å². The second-order valence-electron chi connectivity index (χ2n) is 5.01. The van der Waals surface area contributed by atoms with E-state index >= 15 is 0 Å². The molecular formula is C15H20BrN3O. The first kappa shape index (κ1) is 14.9. The number of ether oxygens (including phenoxy) is 1. The molecule has 20 heavy (non-hydrogen) atoms. The van der Waals surface area contributed by atoms with Crippen LogP contribution in [0.25, 0.3) is 0 Å². The van der Waals surface area contributed by atoms with Crippen LogP contribution in [0.1, 0.15) is 29.8 Å². The monoisotopic (exact) mass is 337 g/mol. The van der Waals surface area contributed by atoms with E-state index in [1.807, 2.05) is 30.9 Å². The quantitative estimate of drug-likeness (QED) is 0.916. The number of nitrogens with zero attached hydrogens (tertiary/aromatic N) is 2. The Morgan fingerprint density at radius 3 is 2.60 bits per heavy atom. The van der Waals surface area contributed by atoms with Crippen molar-refractivity contribution in [3.63, 3.8) is 0 Å². The van der Waals surface area contributed by atoms with Gasteiger partial charge in [-0.1, -0.05) is 15.9 Å². The number of nitrogens with one attached hydrogen (secondary N) is 1. The van der Waals surface area contributed by atoms with Crippen molar-refractivity contribution in [1.82, 2.24) is 9.78 Å².